The van der Waals surface area contributed by atoms with Crippen LogP contribution >= 0.6 is 15.9 Å². The third kappa shape index (κ3) is 5.78. The zero-order valence-electron chi connectivity index (χ0n) is 12.6. The second-order valence-corrected chi connectivity index (χ2v) is 5.80. The van der Waals surface area contributed by atoms with Gasteiger partial charge in [-0.1, -0.05) is 31.9 Å². The number of hydrogen-bond acceptors (Lipinski definition) is 3. The van der Waals surface area contributed by atoms with Crippen LogP contribution in [0.25, 0.3) is 0 Å². The highest BCUT2D eigenvalue weighted by atomic mass is 79.9. The molecule has 1 rings (SSSR count). The van der Waals surface area contributed by atoms with E-state index in [9.17, 15) is 4.79 Å². The fraction of sp³-hybridized carbons (Fsp3) is 0.438. The van der Waals surface area contributed by atoms with Gasteiger partial charge in [-0.25, -0.2) is 0 Å². The molecule has 0 saturated heterocycles. The number of para-hydroxylation sites is 1. The Morgan fingerprint density at radius 2 is 2.14 bits per heavy atom. The summed E-state index contributed by atoms with van der Waals surface area (Å²) in [6.45, 7) is 6.73. The summed E-state index contributed by atoms with van der Waals surface area (Å²) in [4.78, 5) is 11.8. The summed E-state index contributed by atoms with van der Waals surface area (Å²) in [5, 5.41) is 5.95. The molecule has 2 N–H and O–H groups in total. The number of nitrogens with one attached hydrogen (secondary N) is 2. The summed E-state index contributed by atoms with van der Waals surface area (Å²) in [7, 11) is 0. The normalized spacial score (nSPS) is 11.8. The van der Waals surface area contributed by atoms with Crippen LogP contribution in [-0.2, 0) is 11.3 Å². The molecule has 21 heavy (non-hydrogen) atoms. The highest BCUT2D eigenvalue weighted by Crippen LogP contribution is 2.30. The standard InChI is InChI=1S/C16H21BrN2O2/c1-5-9-18-16(20)12(4)21-15-13(10-19-11(2)3)7-6-8-14(15)17/h1,6-8,11-12,19H,9-10H2,2-4H3,(H,18,20). The molecule has 114 valence electrons. The molecule has 0 aromatic heterocycles. The SMILES string of the molecule is C#CCNC(=O)C(C)Oc1c(Br)cccc1CNC(C)C. The van der Waals surface area contributed by atoms with Crippen molar-refractivity contribution >= 4 is 21.8 Å². The fourth-order valence-electron chi connectivity index (χ4n) is 1.65. The molecule has 0 spiro atoms. The van der Waals surface area contributed by atoms with Gasteiger partial charge in [-0.2, -0.15) is 0 Å². The Morgan fingerprint density at radius 3 is 2.76 bits per heavy atom. The minimum absolute atomic E-state index is 0.199. The number of terminal acetylenes is 1. The van der Waals surface area contributed by atoms with E-state index in [4.69, 9.17) is 11.2 Å². The molecule has 0 fully saturated rings. The smallest absolute Gasteiger partial charge is 0.261 e. The van der Waals surface area contributed by atoms with Crippen molar-refractivity contribution in [3.63, 3.8) is 0 Å². The van der Waals surface area contributed by atoms with Gasteiger partial charge in [0.15, 0.2) is 6.10 Å². The lowest BCUT2D eigenvalue weighted by atomic mass is 10.2. The Balaban J connectivity index is 2.81. The van der Waals surface area contributed by atoms with Crippen LogP contribution in [0, 0.1) is 12.3 Å². The highest BCUT2D eigenvalue weighted by Gasteiger charge is 2.17. The van der Waals surface area contributed by atoms with Gasteiger partial charge in [-0.3, -0.25) is 4.79 Å². The average Bonchev–Trinajstić information content (AvgIpc) is 2.45. The number of rotatable bonds is 7. The van der Waals surface area contributed by atoms with E-state index in [1.54, 1.807) is 6.92 Å². The molecule has 0 aliphatic heterocycles. The summed E-state index contributed by atoms with van der Waals surface area (Å²) in [6, 6.07) is 6.17. The molecule has 4 nitrogen and oxygen atoms in total. The maximum absolute atomic E-state index is 11.8. The van der Waals surface area contributed by atoms with Crippen LogP contribution in [0.15, 0.2) is 22.7 Å². The van der Waals surface area contributed by atoms with Crippen LogP contribution in [-0.4, -0.2) is 24.6 Å². The number of hydrogen-bond donors (Lipinski definition) is 2. The first-order valence-corrected chi connectivity index (χ1v) is 7.63. The van der Waals surface area contributed by atoms with Gasteiger partial charge in [0.25, 0.3) is 5.91 Å². The average molecular weight is 353 g/mol. The first-order chi connectivity index (χ1) is 9.95. The molecule has 0 aliphatic rings. The number of benzene rings is 1. The van der Waals surface area contributed by atoms with Crippen molar-refractivity contribution in [2.75, 3.05) is 6.54 Å². The molecule has 1 aromatic carbocycles. The van der Waals surface area contributed by atoms with E-state index in [0.717, 1.165) is 10.0 Å². The molecular formula is C16H21BrN2O2. The minimum Gasteiger partial charge on any atom is -0.479 e. The van der Waals surface area contributed by atoms with Crippen LogP contribution < -0.4 is 15.4 Å². The second-order valence-electron chi connectivity index (χ2n) is 4.95. The highest BCUT2D eigenvalue weighted by molar-refractivity contribution is 9.10. The van der Waals surface area contributed by atoms with Crippen LogP contribution in [0.5, 0.6) is 5.75 Å². The van der Waals surface area contributed by atoms with Gasteiger partial charge in [-0.15, -0.1) is 6.42 Å². The first kappa shape index (κ1) is 17.5. The number of carbonyl (C=O) groups excluding carboxylic acids is 1. The van der Waals surface area contributed by atoms with Gasteiger partial charge in [0.1, 0.15) is 5.75 Å². The number of amides is 1. The van der Waals surface area contributed by atoms with Crippen molar-refractivity contribution in [3.8, 4) is 18.1 Å². The Morgan fingerprint density at radius 1 is 1.43 bits per heavy atom. The van der Waals surface area contributed by atoms with E-state index < -0.39 is 6.10 Å². The number of ether oxygens (including phenoxy) is 1. The largest absolute Gasteiger partial charge is 0.479 e. The van der Waals surface area contributed by atoms with Crippen LogP contribution in [0.3, 0.4) is 0 Å². The number of carbonyl (C=O) groups is 1. The van der Waals surface area contributed by atoms with Gasteiger partial charge in [0, 0.05) is 18.2 Å². The molecule has 5 heteroatoms. The van der Waals surface area contributed by atoms with Gasteiger partial charge in [0.2, 0.25) is 0 Å². The van der Waals surface area contributed by atoms with E-state index in [1.807, 2.05) is 18.2 Å². The zero-order chi connectivity index (χ0) is 15.8. The summed E-state index contributed by atoms with van der Waals surface area (Å²) in [6.07, 6.45) is 4.51. The fourth-order valence-corrected chi connectivity index (χ4v) is 2.15. The quantitative estimate of drug-likeness (QED) is 0.741. The lowest BCUT2D eigenvalue weighted by Crippen LogP contribution is -2.36. The third-order valence-corrected chi connectivity index (χ3v) is 3.40. The summed E-state index contributed by atoms with van der Waals surface area (Å²) >= 11 is 3.47. The Hall–Kier alpha value is -1.51. The molecule has 0 radical (unpaired) electrons. The molecule has 1 amide bonds. The number of halogens is 1. The van der Waals surface area contributed by atoms with E-state index in [0.29, 0.717) is 18.3 Å². The lowest BCUT2D eigenvalue weighted by molar-refractivity contribution is -0.127. The van der Waals surface area contributed by atoms with Crippen molar-refractivity contribution in [2.24, 2.45) is 0 Å². The lowest BCUT2D eigenvalue weighted by Gasteiger charge is -2.19. The van der Waals surface area contributed by atoms with Crippen molar-refractivity contribution < 1.29 is 9.53 Å². The van der Waals surface area contributed by atoms with Gasteiger partial charge in [0.05, 0.1) is 11.0 Å². The van der Waals surface area contributed by atoms with Crippen LogP contribution in [0.2, 0.25) is 0 Å². The molecule has 1 unspecified atom stereocenters. The Labute approximate surface area is 134 Å². The van der Waals surface area contributed by atoms with Gasteiger partial charge < -0.3 is 15.4 Å². The predicted octanol–water partition coefficient (Wildman–Crippen LogP) is 2.46. The molecule has 0 heterocycles. The van der Waals surface area contributed by atoms with Crippen molar-refractivity contribution in [1.82, 2.24) is 10.6 Å². The first-order valence-electron chi connectivity index (χ1n) is 6.84. The molecule has 0 bridgehead atoms. The molecule has 0 aliphatic carbocycles. The predicted molar refractivity (Wildman–Crippen MR) is 88.1 cm³/mol. The minimum atomic E-state index is -0.616. The van der Waals surface area contributed by atoms with Crippen molar-refractivity contribution in [1.29, 1.82) is 0 Å². The maximum atomic E-state index is 11.8. The van der Waals surface area contributed by atoms with E-state index in [-0.39, 0.29) is 12.5 Å². The second kappa shape index (κ2) is 8.71. The molecule has 0 saturated carbocycles. The summed E-state index contributed by atoms with van der Waals surface area (Å²) in [5.41, 5.74) is 0.995. The van der Waals surface area contributed by atoms with Crippen molar-refractivity contribution in [3.05, 3.63) is 28.2 Å². The summed E-state index contributed by atoms with van der Waals surface area (Å²) in [5.74, 6) is 2.81. The molecule has 1 atom stereocenters. The molecular weight excluding hydrogens is 332 g/mol. The third-order valence-electron chi connectivity index (χ3n) is 2.78. The topological polar surface area (TPSA) is 50.4 Å². The van der Waals surface area contributed by atoms with Gasteiger partial charge >= 0.3 is 0 Å². The maximum Gasteiger partial charge on any atom is 0.261 e. The van der Waals surface area contributed by atoms with Gasteiger partial charge in [-0.05, 0) is 28.9 Å². The van der Waals surface area contributed by atoms with Crippen molar-refractivity contribution in [2.45, 2.75) is 39.5 Å². The van der Waals surface area contributed by atoms with Crippen LogP contribution in [0.4, 0.5) is 0 Å². The Bertz CT molecular complexity index is 523. The summed E-state index contributed by atoms with van der Waals surface area (Å²) < 4.78 is 6.62. The van der Waals surface area contributed by atoms with Crippen LogP contribution in [0.1, 0.15) is 26.3 Å². The monoisotopic (exact) mass is 352 g/mol. The van der Waals surface area contributed by atoms with E-state index >= 15 is 0 Å². The zero-order valence-corrected chi connectivity index (χ0v) is 14.2. The molecule has 1 aromatic rings. The Kier molecular flexibility index (Phi) is 7.27. The van der Waals surface area contributed by atoms with E-state index in [1.165, 1.54) is 0 Å². The van der Waals surface area contributed by atoms with E-state index in [2.05, 4.69) is 46.3 Å².